The lowest BCUT2D eigenvalue weighted by atomic mass is 10.1. The highest BCUT2D eigenvalue weighted by molar-refractivity contribution is 5.54. The normalized spacial score (nSPS) is 12.2. The zero-order valence-corrected chi connectivity index (χ0v) is 11.8. The van der Waals surface area contributed by atoms with Gasteiger partial charge in [0.05, 0.1) is 6.61 Å². The molecule has 5 nitrogen and oxygen atoms in total. The molecule has 1 heterocycles. The highest BCUT2D eigenvalue weighted by atomic mass is 16.7. The second-order valence-corrected chi connectivity index (χ2v) is 4.65. The summed E-state index contributed by atoms with van der Waals surface area (Å²) in [6.45, 7) is 3.26. The molecule has 0 radical (unpaired) electrons. The lowest BCUT2D eigenvalue weighted by Crippen LogP contribution is -2.00. The fourth-order valence-electron chi connectivity index (χ4n) is 2.17. The molecule has 0 amide bonds. The van der Waals surface area contributed by atoms with Crippen molar-refractivity contribution in [3.8, 4) is 23.0 Å². The van der Waals surface area contributed by atoms with Crippen LogP contribution in [0.25, 0.3) is 0 Å². The molecule has 0 saturated carbocycles. The molecule has 21 heavy (non-hydrogen) atoms. The Labute approximate surface area is 123 Å². The molecule has 2 N–H and O–H groups in total. The van der Waals surface area contributed by atoms with E-state index in [1.807, 2.05) is 31.2 Å². The minimum atomic E-state index is 0.188. The van der Waals surface area contributed by atoms with Crippen molar-refractivity contribution in [2.24, 2.45) is 0 Å². The molecule has 1 aliphatic rings. The minimum absolute atomic E-state index is 0.188. The van der Waals surface area contributed by atoms with Gasteiger partial charge in [-0.1, -0.05) is 6.07 Å². The zero-order chi connectivity index (χ0) is 14.7. The zero-order valence-electron chi connectivity index (χ0n) is 11.8. The van der Waals surface area contributed by atoms with Crippen LogP contribution in [0.2, 0.25) is 0 Å². The van der Waals surface area contributed by atoms with Crippen molar-refractivity contribution in [3.05, 3.63) is 42.0 Å². The first-order valence-corrected chi connectivity index (χ1v) is 6.84. The fourth-order valence-corrected chi connectivity index (χ4v) is 2.17. The highest BCUT2D eigenvalue weighted by Gasteiger charge is 2.16. The molecule has 110 valence electrons. The van der Waals surface area contributed by atoms with Gasteiger partial charge in [0.15, 0.2) is 11.5 Å². The van der Waals surface area contributed by atoms with Gasteiger partial charge in [0.25, 0.3) is 0 Å². The third-order valence-corrected chi connectivity index (χ3v) is 3.20. The van der Waals surface area contributed by atoms with Gasteiger partial charge in [0.2, 0.25) is 6.79 Å². The van der Waals surface area contributed by atoms with E-state index in [0.29, 0.717) is 24.7 Å². The quantitative estimate of drug-likeness (QED) is 0.884. The maximum atomic E-state index is 9.99. The number of rotatable bonds is 5. The van der Waals surface area contributed by atoms with E-state index in [1.165, 1.54) is 0 Å². The number of benzene rings is 2. The van der Waals surface area contributed by atoms with Crippen LogP contribution in [-0.4, -0.2) is 18.5 Å². The van der Waals surface area contributed by atoms with Gasteiger partial charge in [-0.25, -0.2) is 0 Å². The van der Waals surface area contributed by atoms with Crippen LogP contribution in [0, 0.1) is 0 Å². The van der Waals surface area contributed by atoms with Crippen LogP contribution in [0.15, 0.2) is 36.4 Å². The van der Waals surface area contributed by atoms with E-state index in [0.717, 1.165) is 17.0 Å². The number of nitrogens with one attached hydrogen (secondary N) is 1. The fraction of sp³-hybridized carbons (Fsp3) is 0.250. The Balaban J connectivity index is 1.71. The molecule has 0 fully saturated rings. The molecule has 0 unspecified atom stereocenters. The Hall–Kier alpha value is -2.56. The van der Waals surface area contributed by atoms with Crippen LogP contribution < -0.4 is 19.5 Å². The van der Waals surface area contributed by atoms with Gasteiger partial charge in [0, 0.05) is 29.9 Å². The molecule has 0 saturated heterocycles. The van der Waals surface area contributed by atoms with E-state index < -0.39 is 0 Å². The standard InChI is InChI=1S/C16H17NO4/c1-2-19-13-5-3-4-12(7-13)17-9-11-6-15-16(8-14(11)18)21-10-20-15/h3-8,17-18H,2,9-10H2,1H3. The predicted octanol–water partition coefficient (Wildman–Crippen LogP) is 3.13. The first-order valence-electron chi connectivity index (χ1n) is 6.84. The number of phenols is 1. The van der Waals surface area contributed by atoms with Crippen LogP contribution in [0.4, 0.5) is 5.69 Å². The van der Waals surface area contributed by atoms with Crippen LogP contribution in [0.5, 0.6) is 23.0 Å². The van der Waals surface area contributed by atoms with Gasteiger partial charge in [-0.05, 0) is 25.1 Å². The molecule has 0 spiro atoms. The maximum Gasteiger partial charge on any atom is 0.231 e. The Morgan fingerprint density at radius 2 is 2.00 bits per heavy atom. The first-order chi connectivity index (χ1) is 10.3. The average molecular weight is 287 g/mol. The molecular formula is C16H17NO4. The predicted molar refractivity (Wildman–Crippen MR) is 79.2 cm³/mol. The first kappa shape index (κ1) is 13.4. The Morgan fingerprint density at radius 1 is 1.19 bits per heavy atom. The summed E-state index contributed by atoms with van der Waals surface area (Å²) >= 11 is 0. The summed E-state index contributed by atoms with van der Waals surface area (Å²) in [6.07, 6.45) is 0. The van der Waals surface area contributed by atoms with Crippen molar-refractivity contribution in [1.29, 1.82) is 0 Å². The van der Waals surface area contributed by atoms with E-state index in [-0.39, 0.29) is 12.5 Å². The lowest BCUT2D eigenvalue weighted by molar-refractivity contribution is 0.174. The van der Waals surface area contributed by atoms with E-state index in [2.05, 4.69) is 5.32 Å². The molecule has 0 aromatic heterocycles. The van der Waals surface area contributed by atoms with Crippen molar-refractivity contribution >= 4 is 5.69 Å². The second-order valence-electron chi connectivity index (χ2n) is 4.65. The van der Waals surface area contributed by atoms with E-state index >= 15 is 0 Å². The highest BCUT2D eigenvalue weighted by Crippen LogP contribution is 2.37. The van der Waals surface area contributed by atoms with Gasteiger partial charge in [-0.3, -0.25) is 0 Å². The van der Waals surface area contributed by atoms with Crippen molar-refractivity contribution < 1.29 is 19.3 Å². The Morgan fingerprint density at radius 3 is 2.81 bits per heavy atom. The number of ether oxygens (including phenoxy) is 3. The van der Waals surface area contributed by atoms with Crippen molar-refractivity contribution in [1.82, 2.24) is 0 Å². The molecule has 0 atom stereocenters. The summed E-state index contributed by atoms with van der Waals surface area (Å²) in [6, 6.07) is 11.1. The van der Waals surface area contributed by atoms with Crippen molar-refractivity contribution in [2.45, 2.75) is 13.5 Å². The number of hydrogen-bond donors (Lipinski definition) is 2. The lowest BCUT2D eigenvalue weighted by Gasteiger charge is -2.10. The summed E-state index contributed by atoms with van der Waals surface area (Å²) < 4.78 is 16.0. The maximum absolute atomic E-state index is 9.99. The molecule has 1 aliphatic heterocycles. The van der Waals surface area contributed by atoms with Gasteiger partial charge in [-0.2, -0.15) is 0 Å². The summed E-state index contributed by atoms with van der Waals surface area (Å²) in [4.78, 5) is 0. The molecule has 3 rings (SSSR count). The van der Waals surface area contributed by atoms with Gasteiger partial charge >= 0.3 is 0 Å². The third-order valence-electron chi connectivity index (χ3n) is 3.20. The summed E-state index contributed by atoms with van der Waals surface area (Å²) in [5.41, 5.74) is 1.68. The smallest absolute Gasteiger partial charge is 0.231 e. The van der Waals surface area contributed by atoms with Crippen LogP contribution in [0.3, 0.4) is 0 Å². The van der Waals surface area contributed by atoms with Gasteiger partial charge in [-0.15, -0.1) is 0 Å². The molecule has 2 aromatic carbocycles. The van der Waals surface area contributed by atoms with Crippen LogP contribution in [0.1, 0.15) is 12.5 Å². The SMILES string of the molecule is CCOc1cccc(NCc2cc3c(cc2O)OCO3)c1. The molecule has 5 heteroatoms. The van der Waals surface area contributed by atoms with E-state index in [1.54, 1.807) is 12.1 Å². The van der Waals surface area contributed by atoms with Crippen LogP contribution >= 0.6 is 0 Å². The number of anilines is 1. The molecule has 0 bridgehead atoms. The number of phenolic OH excluding ortho intramolecular Hbond substituents is 1. The Kier molecular flexibility index (Phi) is 3.73. The monoisotopic (exact) mass is 287 g/mol. The molecular weight excluding hydrogens is 270 g/mol. The number of aromatic hydroxyl groups is 1. The van der Waals surface area contributed by atoms with Crippen molar-refractivity contribution in [3.63, 3.8) is 0 Å². The largest absolute Gasteiger partial charge is 0.507 e. The minimum Gasteiger partial charge on any atom is -0.507 e. The Bertz CT molecular complexity index is 642. The number of fused-ring (bicyclic) bond motifs is 1. The van der Waals surface area contributed by atoms with E-state index in [4.69, 9.17) is 14.2 Å². The van der Waals surface area contributed by atoms with Gasteiger partial charge in [0.1, 0.15) is 11.5 Å². The average Bonchev–Trinajstić information content (AvgIpc) is 2.92. The summed E-state index contributed by atoms with van der Waals surface area (Å²) in [7, 11) is 0. The molecule has 2 aromatic rings. The second kappa shape index (κ2) is 5.83. The topological polar surface area (TPSA) is 60.0 Å². The van der Waals surface area contributed by atoms with Crippen molar-refractivity contribution in [2.75, 3.05) is 18.7 Å². The summed E-state index contributed by atoms with van der Waals surface area (Å²) in [5.74, 6) is 2.24. The number of hydrogen-bond acceptors (Lipinski definition) is 5. The third kappa shape index (κ3) is 2.97. The molecule has 0 aliphatic carbocycles. The summed E-state index contributed by atoms with van der Waals surface area (Å²) in [5, 5.41) is 13.2. The van der Waals surface area contributed by atoms with Crippen LogP contribution in [-0.2, 0) is 6.54 Å². The van der Waals surface area contributed by atoms with Gasteiger partial charge < -0.3 is 24.6 Å². The van der Waals surface area contributed by atoms with E-state index in [9.17, 15) is 5.11 Å².